The van der Waals surface area contributed by atoms with E-state index in [9.17, 15) is 19.0 Å². The first-order valence-electron chi connectivity index (χ1n) is 27.8. The molecule has 0 N–H and O–H groups in total. The van der Waals surface area contributed by atoms with Crippen LogP contribution >= 0.6 is 7.82 Å². The molecule has 67 heavy (non-hydrogen) atoms. The third-order valence-corrected chi connectivity index (χ3v) is 13.1. The highest BCUT2D eigenvalue weighted by Crippen LogP contribution is 2.38. The fourth-order valence-electron chi connectivity index (χ4n) is 7.83. The zero-order valence-corrected chi connectivity index (χ0v) is 45.2. The lowest BCUT2D eigenvalue weighted by atomic mass is 10.0. The van der Waals surface area contributed by atoms with Gasteiger partial charge in [0.15, 0.2) is 6.10 Å². The van der Waals surface area contributed by atoms with Crippen LogP contribution < -0.4 is 4.89 Å². The van der Waals surface area contributed by atoms with Gasteiger partial charge in [-0.3, -0.25) is 14.2 Å². The molecule has 0 bridgehead atoms. The van der Waals surface area contributed by atoms with Crippen molar-refractivity contribution in [1.29, 1.82) is 0 Å². The van der Waals surface area contributed by atoms with Crippen molar-refractivity contribution in [2.45, 2.75) is 258 Å². The summed E-state index contributed by atoms with van der Waals surface area (Å²) in [7, 11) is 1.17. The van der Waals surface area contributed by atoms with E-state index in [1.807, 2.05) is 21.1 Å². The molecule has 392 valence electrons. The molecule has 0 amide bonds. The van der Waals surface area contributed by atoms with Gasteiger partial charge in [-0.2, -0.15) is 0 Å². The number of ether oxygens (including phenoxy) is 2. The third-order valence-electron chi connectivity index (χ3n) is 12.1. The number of unbranched alkanes of at least 4 members (excludes halogenated alkanes) is 29. The molecule has 10 heteroatoms. The van der Waals surface area contributed by atoms with Crippen molar-refractivity contribution in [2.75, 3.05) is 47.5 Å². The second-order valence-electron chi connectivity index (χ2n) is 19.9. The van der Waals surface area contributed by atoms with Crippen molar-refractivity contribution in [2.24, 2.45) is 0 Å². The Morgan fingerprint density at radius 1 is 0.478 bits per heavy atom. The van der Waals surface area contributed by atoms with Gasteiger partial charge in [0.25, 0.3) is 7.82 Å². The molecular formula is C57H106NO8P. The molecule has 0 aromatic rings. The van der Waals surface area contributed by atoms with Crippen molar-refractivity contribution in [1.82, 2.24) is 0 Å². The summed E-state index contributed by atoms with van der Waals surface area (Å²) in [5.41, 5.74) is 0. The van der Waals surface area contributed by atoms with Crippen LogP contribution in [0.15, 0.2) is 48.6 Å². The van der Waals surface area contributed by atoms with Gasteiger partial charge in [-0.15, -0.1) is 0 Å². The predicted octanol–water partition coefficient (Wildman–Crippen LogP) is 16.3. The summed E-state index contributed by atoms with van der Waals surface area (Å²) in [6.45, 7) is 4.15. The number of hydrogen-bond donors (Lipinski definition) is 0. The summed E-state index contributed by atoms with van der Waals surface area (Å²) in [6.07, 6.45) is 60.1. The largest absolute Gasteiger partial charge is 0.756 e. The number of esters is 2. The lowest BCUT2D eigenvalue weighted by molar-refractivity contribution is -0.870. The molecule has 0 aliphatic rings. The second-order valence-corrected chi connectivity index (χ2v) is 21.3. The minimum atomic E-state index is -4.63. The molecule has 0 spiro atoms. The predicted molar refractivity (Wildman–Crippen MR) is 282 cm³/mol. The van der Waals surface area contributed by atoms with Gasteiger partial charge in [-0.25, -0.2) is 0 Å². The average Bonchev–Trinajstić information content (AvgIpc) is 3.29. The van der Waals surface area contributed by atoms with Gasteiger partial charge in [-0.1, -0.05) is 236 Å². The van der Waals surface area contributed by atoms with E-state index >= 15 is 0 Å². The Hall–Kier alpha value is -2.03. The molecule has 0 saturated heterocycles. The van der Waals surface area contributed by atoms with Gasteiger partial charge < -0.3 is 27.9 Å². The molecule has 0 heterocycles. The second kappa shape index (κ2) is 49.0. The van der Waals surface area contributed by atoms with E-state index in [2.05, 4.69) is 62.5 Å². The Labute approximate surface area is 414 Å². The maximum absolute atomic E-state index is 12.8. The van der Waals surface area contributed by atoms with Crippen molar-refractivity contribution in [3.63, 3.8) is 0 Å². The third kappa shape index (κ3) is 53.2. The van der Waals surface area contributed by atoms with Gasteiger partial charge >= 0.3 is 11.9 Å². The first-order valence-corrected chi connectivity index (χ1v) is 29.3. The van der Waals surface area contributed by atoms with Crippen molar-refractivity contribution in [3.8, 4) is 0 Å². The van der Waals surface area contributed by atoms with Crippen LogP contribution in [0.4, 0.5) is 0 Å². The SMILES string of the molecule is CC/C=C\C/C=C\C/C=C\C/C=C\CCCCCCCCCCCCCCCCCCC(=O)OC(COC(=O)CCCCCCCCCCCCCCCC)COP(=O)([O-])OCC[N+](C)(C)C. The molecule has 2 unspecified atom stereocenters. The number of carbonyl (C=O) groups is 2. The number of likely N-dealkylation sites (N-methyl/N-ethyl adjacent to an activating group) is 1. The molecule has 0 saturated carbocycles. The lowest BCUT2D eigenvalue weighted by Crippen LogP contribution is -2.37. The van der Waals surface area contributed by atoms with Crippen LogP contribution in [-0.2, 0) is 32.7 Å². The molecule has 2 atom stereocenters. The fraction of sp³-hybridized carbons (Fsp3) is 0.825. The number of phosphoric ester groups is 1. The highest BCUT2D eigenvalue weighted by Gasteiger charge is 2.21. The fourth-order valence-corrected chi connectivity index (χ4v) is 8.55. The van der Waals surface area contributed by atoms with Gasteiger partial charge in [0.05, 0.1) is 27.7 Å². The molecule has 0 aromatic heterocycles. The summed E-state index contributed by atoms with van der Waals surface area (Å²) >= 11 is 0. The monoisotopic (exact) mass is 964 g/mol. The van der Waals surface area contributed by atoms with Crippen molar-refractivity contribution < 1.29 is 42.1 Å². The number of phosphoric acid groups is 1. The molecular weight excluding hydrogens is 858 g/mol. The maximum Gasteiger partial charge on any atom is 0.306 e. The normalized spacial score (nSPS) is 13.7. The Bertz CT molecular complexity index is 1270. The van der Waals surface area contributed by atoms with Crippen molar-refractivity contribution in [3.05, 3.63) is 48.6 Å². The quantitative estimate of drug-likeness (QED) is 0.0195. The average molecular weight is 964 g/mol. The van der Waals surface area contributed by atoms with Crippen LogP contribution in [0.25, 0.3) is 0 Å². The van der Waals surface area contributed by atoms with E-state index in [4.69, 9.17) is 18.5 Å². The molecule has 9 nitrogen and oxygen atoms in total. The minimum absolute atomic E-state index is 0.0293. The van der Waals surface area contributed by atoms with Crippen LogP contribution in [0.3, 0.4) is 0 Å². The van der Waals surface area contributed by atoms with Crippen molar-refractivity contribution >= 4 is 19.8 Å². The van der Waals surface area contributed by atoms with Gasteiger partial charge in [0.1, 0.15) is 19.8 Å². The van der Waals surface area contributed by atoms with Gasteiger partial charge in [0.2, 0.25) is 0 Å². The van der Waals surface area contributed by atoms with E-state index in [0.717, 1.165) is 64.2 Å². The molecule has 0 rings (SSSR count). The summed E-state index contributed by atoms with van der Waals surface area (Å²) < 4.78 is 34.1. The first kappa shape index (κ1) is 65.0. The number of carbonyl (C=O) groups excluding carboxylic acids is 2. The van der Waals surface area contributed by atoms with E-state index in [0.29, 0.717) is 17.4 Å². The molecule has 0 fully saturated rings. The van der Waals surface area contributed by atoms with Crippen LogP contribution in [-0.4, -0.2) is 70.0 Å². The zero-order valence-electron chi connectivity index (χ0n) is 44.3. The van der Waals surface area contributed by atoms with Crippen LogP contribution in [0.2, 0.25) is 0 Å². The van der Waals surface area contributed by atoms with Gasteiger partial charge in [-0.05, 0) is 51.4 Å². The summed E-state index contributed by atoms with van der Waals surface area (Å²) in [5.74, 6) is -0.823. The molecule has 0 radical (unpaired) electrons. The topological polar surface area (TPSA) is 111 Å². The van der Waals surface area contributed by atoms with E-state index < -0.39 is 26.5 Å². The number of rotatable bonds is 51. The summed E-state index contributed by atoms with van der Waals surface area (Å²) in [6, 6.07) is 0. The molecule has 0 aliphatic heterocycles. The van der Waals surface area contributed by atoms with E-state index in [-0.39, 0.29) is 32.0 Å². The number of allylic oxidation sites excluding steroid dienone is 8. The van der Waals surface area contributed by atoms with Gasteiger partial charge in [0, 0.05) is 12.8 Å². The smallest absolute Gasteiger partial charge is 0.306 e. The summed E-state index contributed by atoms with van der Waals surface area (Å²) in [5, 5.41) is 0. The highest BCUT2D eigenvalue weighted by molar-refractivity contribution is 7.45. The number of nitrogens with zero attached hydrogens (tertiary/aromatic N) is 1. The Morgan fingerprint density at radius 2 is 0.851 bits per heavy atom. The van der Waals surface area contributed by atoms with Crippen LogP contribution in [0.5, 0.6) is 0 Å². The zero-order chi connectivity index (χ0) is 49.2. The summed E-state index contributed by atoms with van der Waals surface area (Å²) in [4.78, 5) is 37.8. The number of quaternary nitrogens is 1. The standard InChI is InChI=1S/C57H106NO8P/c1-6-8-10-12-14-16-18-20-22-23-24-25-26-27-28-29-30-31-32-33-34-35-36-38-40-42-44-46-48-50-57(60)66-55(54-65-67(61,62)64-52-51-58(3,4)5)53-63-56(59)49-47-45-43-41-39-37-21-19-17-15-13-11-9-7-2/h8,10,14,16,20,22,24-25,55H,6-7,9,11-13,15,17-19,21,23,26-54H2,1-5H3/b10-8-,16-14-,22-20-,25-24-. The Morgan fingerprint density at radius 3 is 1.27 bits per heavy atom. The number of hydrogen-bond acceptors (Lipinski definition) is 8. The van der Waals surface area contributed by atoms with E-state index in [1.165, 1.54) is 154 Å². The maximum atomic E-state index is 12.8. The van der Waals surface area contributed by atoms with Crippen LogP contribution in [0, 0.1) is 0 Å². The molecule has 0 aromatic carbocycles. The Kier molecular flexibility index (Phi) is 47.5. The van der Waals surface area contributed by atoms with E-state index in [1.54, 1.807) is 0 Å². The Balaban J connectivity index is 4.09. The molecule has 0 aliphatic carbocycles. The minimum Gasteiger partial charge on any atom is -0.756 e. The first-order chi connectivity index (χ1) is 32.5. The highest BCUT2D eigenvalue weighted by atomic mass is 31.2. The lowest BCUT2D eigenvalue weighted by Gasteiger charge is -2.28. The van der Waals surface area contributed by atoms with Crippen LogP contribution in [0.1, 0.15) is 251 Å².